The zero-order valence-corrected chi connectivity index (χ0v) is 22.0. The molecule has 0 saturated carbocycles. The molecule has 2 aromatic carbocycles. The zero-order valence-electron chi connectivity index (χ0n) is 20.3. The molecule has 0 fully saturated rings. The highest BCUT2D eigenvalue weighted by atomic mass is 32.2. The first-order valence-corrected chi connectivity index (χ1v) is 13.4. The van der Waals surface area contributed by atoms with Gasteiger partial charge in [-0.2, -0.15) is 0 Å². The van der Waals surface area contributed by atoms with Crippen LogP contribution in [0.5, 0.6) is 11.5 Å². The molecular formula is C26H25N5O4S2. The van der Waals surface area contributed by atoms with E-state index in [1.807, 2.05) is 40.6 Å². The number of anilines is 1. The second-order valence-electron chi connectivity index (χ2n) is 8.14. The summed E-state index contributed by atoms with van der Waals surface area (Å²) in [5, 5.41) is 14.0. The summed E-state index contributed by atoms with van der Waals surface area (Å²) in [5.74, 6) is 1.68. The highest BCUT2D eigenvalue weighted by Gasteiger charge is 2.26. The maximum atomic E-state index is 13.2. The highest BCUT2D eigenvalue weighted by Crippen LogP contribution is 2.33. The quantitative estimate of drug-likeness (QED) is 0.324. The van der Waals surface area contributed by atoms with Crippen molar-refractivity contribution in [3.05, 3.63) is 76.2 Å². The molecule has 1 aliphatic rings. The van der Waals surface area contributed by atoms with Crippen molar-refractivity contribution >= 4 is 40.6 Å². The average molecular weight is 536 g/mol. The Balaban J connectivity index is 1.42. The third-order valence-corrected chi connectivity index (χ3v) is 7.77. The molecule has 5 rings (SSSR count). The van der Waals surface area contributed by atoms with Gasteiger partial charge in [-0.15, -0.1) is 21.5 Å². The van der Waals surface area contributed by atoms with E-state index in [0.717, 1.165) is 12.1 Å². The van der Waals surface area contributed by atoms with Crippen molar-refractivity contribution in [3.8, 4) is 17.2 Å². The van der Waals surface area contributed by atoms with Crippen molar-refractivity contribution < 1.29 is 19.1 Å². The fraction of sp³-hybridized carbons (Fsp3) is 0.231. The predicted molar refractivity (Wildman–Crippen MR) is 143 cm³/mol. The van der Waals surface area contributed by atoms with E-state index >= 15 is 0 Å². The second-order valence-corrected chi connectivity index (χ2v) is 10.0. The Morgan fingerprint density at radius 1 is 1.05 bits per heavy atom. The number of rotatable bonds is 9. The third kappa shape index (κ3) is 5.18. The third-order valence-electron chi connectivity index (χ3n) is 5.99. The summed E-state index contributed by atoms with van der Waals surface area (Å²) in [6, 6.07) is 17.0. The van der Waals surface area contributed by atoms with Crippen LogP contribution in [-0.2, 0) is 17.8 Å². The zero-order chi connectivity index (χ0) is 25.8. The number of carbonyl (C=O) groups is 2. The smallest absolute Gasteiger partial charge is 0.261 e. The molecular weight excluding hydrogens is 510 g/mol. The molecule has 4 aromatic rings. The minimum absolute atomic E-state index is 0.00495. The van der Waals surface area contributed by atoms with Crippen molar-refractivity contribution in [3.63, 3.8) is 0 Å². The number of thiophene rings is 1. The van der Waals surface area contributed by atoms with Crippen LogP contribution in [0.25, 0.3) is 5.69 Å². The van der Waals surface area contributed by atoms with E-state index < -0.39 is 0 Å². The van der Waals surface area contributed by atoms with Crippen molar-refractivity contribution in [2.45, 2.75) is 18.1 Å². The number of nitrogens with zero attached hydrogens (tertiary/aromatic N) is 4. The SMILES string of the molecule is COc1ccc(OC)c(-n2c(CNC(=O)c3cccs3)nnc2SCC(=O)N2CCc3ccccc32)c1. The first-order chi connectivity index (χ1) is 18.1. The van der Waals surface area contributed by atoms with Crippen LogP contribution in [0, 0.1) is 0 Å². The van der Waals surface area contributed by atoms with Gasteiger partial charge in [0.25, 0.3) is 5.91 Å². The van der Waals surface area contributed by atoms with Crippen LogP contribution in [0.15, 0.2) is 65.1 Å². The average Bonchev–Trinajstić information content (AvgIpc) is 3.70. The number of para-hydroxylation sites is 1. The van der Waals surface area contributed by atoms with Crippen LogP contribution in [0.1, 0.15) is 21.1 Å². The van der Waals surface area contributed by atoms with Crippen LogP contribution in [0.4, 0.5) is 5.69 Å². The number of ether oxygens (including phenoxy) is 2. The van der Waals surface area contributed by atoms with Gasteiger partial charge in [0.05, 0.1) is 37.1 Å². The molecule has 0 aliphatic carbocycles. The Labute approximate surface area is 222 Å². The normalized spacial score (nSPS) is 12.3. The molecule has 11 heteroatoms. The highest BCUT2D eigenvalue weighted by molar-refractivity contribution is 7.99. The van der Waals surface area contributed by atoms with Crippen LogP contribution in [0.2, 0.25) is 0 Å². The Kier molecular flexibility index (Phi) is 7.42. The molecule has 0 saturated heterocycles. The lowest BCUT2D eigenvalue weighted by molar-refractivity contribution is -0.116. The summed E-state index contributed by atoms with van der Waals surface area (Å²) in [5.41, 5.74) is 2.78. The van der Waals surface area contributed by atoms with Crippen LogP contribution in [0.3, 0.4) is 0 Å². The van der Waals surface area contributed by atoms with Gasteiger partial charge in [0.1, 0.15) is 11.5 Å². The standard InChI is InChI=1S/C26H25N5O4S2/c1-34-18-9-10-21(35-2)20(14-18)31-23(15-27-25(33)22-8-5-13-36-22)28-29-26(31)37-16-24(32)30-12-11-17-6-3-4-7-19(17)30/h3-10,13-14H,11-12,15-16H2,1-2H3,(H,27,33). The van der Waals surface area contributed by atoms with Gasteiger partial charge < -0.3 is 19.7 Å². The number of fused-ring (bicyclic) bond motifs is 1. The maximum absolute atomic E-state index is 13.2. The number of aromatic nitrogens is 3. The Hall–Kier alpha value is -3.83. The fourth-order valence-electron chi connectivity index (χ4n) is 4.18. The molecule has 1 N–H and O–H groups in total. The number of nitrogens with one attached hydrogen (secondary N) is 1. The minimum Gasteiger partial charge on any atom is -0.497 e. The van der Waals surface area contributed by atoms with Crippen molar-refractivity contribution in [2.24, 2.45) is 0 Å². The number of hydrogen-bond donors (Lipinski definition) is 1. The molecule has 2 amide bonds. The number of methoxy groups -OCH3 is 2. The molecule has 9 nitrogen and oxygen atoms in total. The predicted octanol–water partition coefficient (Wildman–Crippen LogP) is 3.96. The van der Waals surface area contributed by atoms with Gasteiger partial charge in [0.2, 0.25) is 5.91 Å². The van der Waals surface area contributed by atoms with E-state index in [0.29, 0.717) is 39.6 Å². The summed E-state index contributed by atoms with van der Waals surface area (Å²) in [6.45, 7) is 0.799. The van der Waals surface area contributed by atoms with Gasteiger partial charge in [-0.25, -0.2) is 0 Å². The maximum Gasteiger partial charge on any atom is 0.261 e. The molecule has 0 bridgehead atoms. The first kappa shape index (κ1) is 24.8. The summed E-state index contributed by atoms with van der Waals surface area (Å²) in [7, 11) is 3.16. The number of benzene rings is 2. The van der Waals surface area contributed by atoms with Gasteiger partial charge in [0, 0.05) is 18.3 Å². The molecule has 0 atom stereocenters. The summed E-state index contributed by atoms with van der Waals surface area (Å²) < 4.78 is 12.8. The van der Waals surface area contributed by atoms with Crippen molar-refractivity contribution in [2.75, 3.05) is 31.4 Å². The van der Waals surface area contributed by atoms with Crippen molar-refractivity contribution in [1.29, 1.82) is 0 Å². The van der Waals surface area contributed by atoms with Gasteiger partial charge in [-0.1, -0.05) is 36.0 Å². The van der Waals surface area contributed by atoms with E-state index in [9.17, 15) is 9.59 Å². The minimum atomic E-state index is -0.195. The summed E-state index contributed by atoms with van der Waals surface area (Å²) >= 11 is 2.65. The lowest BCUT2D eigenvalue weighted by Crippen LogP contribution is -2.30. The topological polar surface area (TPSA) is 98.6 Å². The second kappa shape index (κ2) is 11.1. The summed E-state index contributed by atoms with van der Waals surface area (Å²) in [4.78, 5) is 28.1. The molecule has 0 unspecified atom stereocenters. The monoisotopic (exact) mass is 535 g/mol. The van der Waals surface area contributed by atoms with E-state index in [4.69, 9.17) is 9.47 Å². The van der Waals surface area contributed by atoms with Gasteiger partial charge in [-0.05, 0) is 41.6 Å². The molecule has 2 aromatic heterocycles. The molecule has 37 heavy (non-hydrogen) atoms. The molecule has 0 radical (unpaired) electrons. The number of hydrogen-bond acceptors (Lipinski definition) is 8. The molecule has 3 heterocycles. The van der Waals surface area contributed by atoms with E-state index in [1.165, 1.54) is 28.7 Å². The fourth-order valence-corrected chi connectivity index (χ4v) is 5.66. The van der Waals surface area contributed by atoms with E-state index in [1.54, 1.807) is 37.0 Å². The first-order valence-electron chi connectivity index (χ1n) is 11.6. The van der Waals surface area contributed by atoms with Crippen molar-refractivity contribution in [1.82, 2.24) is 20.1 Å². The molecule has 0 spiro atoms. The number of thioether (sulfide) groups is 1. The largest absolute Gasteiger partial charge is 0.497 e. The molecule has 1 aliphatic heterocycles. The Morgan fingerprint density at radius 3 is 2.70 bits per heavy atom. The number of amides is 2. The van der Waals surface area contributed by atoms with E-state index in [2.05, 4.69) is 21.6 Å². The summed E-state index contributed by atoms with van der Waals surface area (Å²) in [6.07, 6.45) is 0.845. The molecule has 190 valence electrons. The van der Waals surface area contributed by atoms with Gasteiger partial charge in [-0.3, -0.25) is 14.2 Å². The Morgan fingerprint density at radius 2 is 1.92 bits per heavy atom. The van der Waals surface area contributed by atoms with Gasteiger partial charge in [0.15, 0.2) is 11.0 Å². The van der Waals surface area contributed by atoms with Crippen LogP contribution >= 0.6 is 23.1 Å². The van der Waals surface area contributed by atoms with Crippen LogP contribution in [-0.4, -0.2) is 53.1 Å². The number of carbonyl (C=O) groups excluding carboxylic acids is 2. The lowest BCUT2D eigenvalue weighted by atomic mass is 10.2. The lowest BCUT2D eigenvalue weighted by Gasteiger charge is -2.18. The Bertz CT molecular complexity index is 1420. The van der Waals surface area contributed by atoms with Crippen LogP contribution < -0.4 is 19.7 Å². The van der Waals surface area contributed by atoms with E-state index in [-0.39, 0.29) is 24.1 Å². The van der Waals surface area contributed by atoms with Gasteiger partial charge >= 0.3 is 0 Å².